The van der Waals surface area contributed by atoms with E-state index in [4.69, 9.17) is 0 Å². The van der Waals surface area contributed by atoms with E-state index in [-0.39, 0.29) is 0 Å². The van der Waals surface area contributed by atoms with E-state index in [1.807, 2.05) is 0 Å². The van der Waals surface area contributed by atoms with Crippen LogP contribution >= 0.6 is 0 Å². The molecular weight excluding hydrogens is 242 g/mol. The van der Waals surface area contributed by atoms with Gasteiger partial charge in [-0.05, 0) is 35.4 Å². The number of benzene rings is 1. The monoisotopic (exact) mass is 271 g/mol. The van der Waals surface area contributed by atoms with Crippen molar-refractivity contribution in [3.05, 3.63) is 42.0 Å². The van der Waals surface area contributed by atoms with Gasteiger partial charge in [-0.3, -0.25) is 0 Å². The van der Waals surface area contributed by atoms with Gasteiger partial charge in [-0.25, -0.2) is 0 Å². The van der Waals surface area contributed by atoms with Gasteiger partial charge in [-0.15, -0.1) is 6.58 Å². The number of hydrogen-bond acceptors (Lipinski definition) is 1. The van der Waals surface area contributed by atoms with Gasteiger partial charge in [-0.2, -0.15) is 0 Å². The van der Waals surface area contributed by atoms with Crippen LogP contribution in [-0.2, 0) is 5.41 Å². The van der Waals surface area contributed by atoms with Crippen molar-refractivity contribution in [1.29, 1.82) is 0 Å². The fraction of sp³-hybridized carbons (Fsp3) is 0.579. The van der Waals surface area contributed by atoms with Crippen LogP contribution in [0.1, 0.15) is 69.9 Å². The molecule has 1 aliphatic heterocycles. The summed E-state index contributed by atoms with van der Waals surface area (Å²) >= 11 is 0. The summed E-state index contributed by atoms with van der Waals surface area (Å²) in [5.41, 5.74) is 4.51. The third-order valence-corrected chi connectivity index (χ3v) is 4.67. The van der Waals surface area contributed by atoms with Crippen molar-refractivity contribution < 1.29 is 0 Å². The van der Waals surface area contributed by atoms with Crippen LogP contribution in [0, 0.1) is 0 Å². The lowest BCUT2D eigenvalue weighted by Crippen LogP contribution is -2.28. The third-order valence-electron chi connectivity index (χ3n) is 4.67. The predicted molar refractivity (Wildman–Crippen MR) is 89.7 cm³/mol. The van der Waals surface area contributed by atoms with Crippen LogP contribution in [0.15, 0.2) is 30.9 Å². The maximum atomic E-state index is 4.04. The molecule has 1 nitrogen and oxygen atoms in total. The summed E-state index contributed by atoms with van der Waals surface area (Å²) in [7, 11) is 0. The van der Waals surface area contributed by atoms with Crippen LogP contribution in [-0.4, -0.2) is 6.54 Å². The molecule has 1 N–H and O–H groups in total. The second-order valence-corrected chi connectivity index (χ2v) is 6.70. The van der Waals surface area contributed by atoms with Gasteiger partial charge in [0.05, 0.1) is 0 Å². The van der Waals surface area contributed by atoms with Crippen molar-refractivity contribution in [2.45, 2.75) is 64.2 Å². The predicted octanol–water partition coefficient (Wildman–Crippen LogP) is 5.63. The van der Waals surface area contributed by atoms with Gasteiger partial charge in [0.25, 0.3) is 0 Å². The van der Waals surface area contributed by atoms with Crippen LogP contribution in [0.2, 0.25) is 0 Å². The van der Waals surface area contributed by atoms with Crippen LogP contribution in [0.4, 0.5) is 5.69 Å². The summed E-state index contributed by atoms with van der Waals surface area (Å²) < 4.78 is 0. The first-order valence-corrected chi connectivity index (χ1v) is 8.09. The van der Waals surface area contributed by atoms with Gasteiger partial charge in [0.15, 0.2) is 0 Å². The zero-order chi connectivity index (χ0) is 14.6. The Morgan fingerprint density at radius 2 is 2.15 bits per heavy atom. The fourth-order valence-electron chi connectivity index (χ4n) is 3.21. The molecule has 1 unspecified atom stereocenters. The molecule has 0 fully saturated rings. The van der Waals surface area contributed by atoms with Gasteiger partial charge in [0, 0.05) is 18.2 Å². The van der Waals surface area contributed by atoms with E-state index >= 15 is 0 Å². The molecule has 2 rings (SSSR count). The highest BCUT2D eigenvalue weighted by Gasteiger charge is 2.27. The number of allylic oxidation sites excluding steroid dienone is 1. The van der Waals surface area contributed by atoms with Crippen LogP contribution in [0.25, 0.3) is 0 Å². The summed E-state index contributed by atoms with van der Waals surface area (Å²) in [6, 6.07) is 6.99. The SMILES string of the molecule is C=CC(CCCCC)c1ccc2c(c1)NCCC2(C)C. The summed E-state index contributed by atoms with van der Waals surface area (Å²) in [5.74, 6) is 0.499. The van der Waals surface area contributed by atoms with E-state index < -0.39 is 0 Å². The Balaban J connectivity index is 2.19. The number of unbranched alkanes of at least 4 members (excludes halogenated alkanes) is 2. The molecule has 0 saturated carbocycles. The van der Waals surface area contributed by atoms with E-state index in [1.54, 1.807) is 0 Å². The first-order chi connectivity index (χ1) is 9.58. The largest absolute Gasteiger partial charge is 0.385 e. The molecular formula is C19H29N. The molecule has 20 heavy (non-hydrogen) atoms. The zero-order valence-electron chi connectivity index (χ0n) is 13.3. The maximum absolute atomic E-state index is 4.04. The Kier molecular flexibility index (Phi) is 4.91. The molecule has 0 saturated heterocycles. The van der Waals surface area contributed by atoms with Gasteiger partial charge in [-0.1, -0.05) is 58.2 Å². The molecule has 0 aromatic heterocycles. The minimum absolute atomic E-state index is 0.297. The summed E-state index contributed by atoms with van der Waals surface area (Å²) in [5, 5.41) is 3.57. The number of fused-ring (bicyclic) bond motifs is 1. The first-order valence-electron chi connectivity index (χ1n) is 8.09. The molecule has 110 valence electrons. The molecule has 0 aliphatic carbocycles. The maximum Gasteiger partial charge on any atom is 0.0381 e. The Labute approximate surface area is 124 Å². The molecule has 1 heterocycles. The van der Waals surface area contributed by atoms with Gasteiger partial charge < -0.3 is 5.32 Å². The first kappa shape index (κ1) is 15.2. The molecule has 0 amide bonds. The zero-order valence-corrected chi connectivity index (χ0v) is 13.3. The van der Waals surface area contributed by atoms with Crippen LogP contribution in [0.3, 0.4) is 0 Å². The Bertz CT molecular complexity index is 459. The van der Waals surface area contributed by atoms with Gasteiger partial charge >= 0.3 is 0 Å². The summed E-state index contributed by atoms with van der Waals surface area (Å²) in [6.45, 7) is 12.1. The Morgan fingerprint density at radius 1 is 1.35 bits per heavy atom. The smallest absolute Gasteiger partial charge is 0.0381 e. The number of hydrogen-bond donors (Lipinski definition) is 1. The molecule has 1 aromatic rings. The molecule has 0 bridgehead atoms. The minimum Gasteiger partial charge on any atom is -0.385 e. The molecule has 0 spiro atoms. The van der Waals surface area contributed by atoms with E-state index in [2.05, 4.69) is 56.9 Å². The molecule has 0 radical (unpaired) electrons. The van der Waals surface area contributed by atoms with E-state index in [1.165, 1.54) is 48.9 Å². The average molecular weight is 271 g/mol. The lowest BCUT2D eigenvalue weighted by atomic mass is 9.77. The highest BCUT2D eigenvalue weighted by molar-refractivity contribution is 5.59. The lowest BCUT2D eigenvalue weighted by molar-refractivity contribution is 0.481. The molecule has 1 aliphatic rings. The van der Waals surface area contributed by atoms with E-state index in [0.717, 1.165) is 6.54 Å². The van der Waals surface area contributed by atoms with Crippen LogP contribution in [0.5, 0.6) is 0 Å². The second-order valence-electron chi connectivity index (χ2n) is 6.70. The minimum atomic E-state index is 0.297. The number of rotatable bonds is 6. The molecule has 1 aromatic carbocycles. The van der Waals surface area contributed by atoms with Crippen molar-refractivity contribution in [3.63, 3.8) is 0 Å². The quantitative estimate of drug-likeness (QED) is 0.522. The van der Waals surface area contributed by atoms with Crippen molar-refractivity contribution in [2.75, 3.05) is 11.9 Å². The number of anilines is 1. The lowest BCUT2D eigenvalue weighted by Gasteiger charge is -2.34. The third kappa shape index (κ3) is 3.26. The average Bonchev–Trinajstić information content (AvgIpc) is 2.43. The van der Waals surface area contributed by atoms with E-state index in [9.17, 15) is 0 Å². The molecule has 1 atom stereocenters. The van der Waals surface area contributed by atoms with E-state index in [0.29, 0.717) is 11.3 Å². The van der Waals surface area contributed by atoms with Crippen molar-refractivity contribution >= 4 is 5.69 Å². The normalized spacial score (nSPS) is 17.9. The highest BCUT2D eigenvalue weighted by Crippen LogP contribution is 2.38. The Hall–Kier alpha value is -1.24. The van der Waals surface area contributed by atoms with Crippen molar-refractivity contribution in [3.8, 4) is 0 Å². The van der Waals surface area contributed by atoms with Gasteiger partial charge in [0.2, 0.25) is 0 Å². The standard InChI is InChI=1S/C19H29N/c1-5-7-8-9-15(6-2)16-10-11-17-18(14-16)20-13-12-19(17,3)4/h6,10-11,14-15,20H,2,5,7-9,12-13H2,1,3-4H3. The number of nitrogens with one attached hydrogen (secondary N) is 1. The topological polar surface area (TPSA) is 12.0 Å². The van der Waals surface area contributed by atoms with Gasteiger partial charge in [0.1, 0.15) is 0 Å². The van der Waals surface area contributed by atoms with Crippen molar-refractivity contribution in [2.24, 2.45) is 0 Å². The molecule has 1 heteroatoms. The second kappa shape index (κ2) is 6.47. The fourth-order valence-corrected chi connectivity index (χ4v) is 3.21. The Morgan fingerprint density at radius 3 is 2.85 bits per heavy atom. The summed E-state index contributed by atoms with van der Waals surface area (Å²) in [6.07, 6.45) is 8.44. The highest BCUT2D eigenvalue weighted by atomic mass is 14.9. The van der Waals surface area contributed by atoms with Crippen LogP contribution < -0.4 is 5.32 Å². The summed E-state index contributed by atoms with van der Waals surface area (Å²) in [4.78, 5) is 0. The van der Waals surface area contributed by atoms with Crippen molar-refractivity contribution in [1.82, 2.24) is 0 Å².